The number of unbranched alkanes of at least 4 members (excludes halogenated alkanes) is 1. The zero-order chi connectivity index (χ0) is 16.4. The molecule has 0 radical (unpaired) electrons. The Morgan fingerprint density at radius 2 is 2.18 bits per heavy atom. The summed E-state index contributed by atoms with van der Waals surface area (Å²) in [6, 6.07) is 7.14. The summed E-state index contributed by atoms with van der Waals surface area (Å²) in [5, 5.41) is 3.26. The maximum Gasteiger partial charge on any atom is 0.272 e. The first-order valence-corrected chi connectivity index (χ1v) is 7.48. The maximum atomic E-state index is 12.2. The topological polar surface area (TPSA) is 36.9 Å². The molecule has 6 heteroatoms. The lowest BCUT2D eigenvalue weighted by molar-refractivity contribution is 0.0818. The highest BCUT2D eigenvalue weighted by Crippen LogP contribution is 2.14. The number of aliphatic imine (C=N–C) groups is 1. The molecule has 4 nitrogen and oxygen atoms in total. The number of nitrogens with zero attached hydrogens (tertiary/aromatic N) is 2. The van der Waals surface area contributed by atoms with Gasteiger partial charge in [0.25, 0.3) is 6.43 Å². The Balaban J connectivity index is 2.53. The van der Waals surface area contributed by atoms with Crippen molar-refractivity contribution < 1.29 is 13.5 Å². The van der Waals surface area contributed by atoms with Crippen molar-refractivity contribution in [1.29, 1.82) is 0 Å². The molecule has 124 valence electrons. The zero-order valence-corrected chi connectivity index (χ0v) is 13.5. The molecule has 0 fully saturated rings. The van der Waals surface area contributed by atoms with Crippen LogP contribution in [0.2, 0.25) is 0 Å². The Morgan fingerprint density at radius 3 is 2.82 bits per heavy atom. The molecule has 0 saturated heterocycles. The van der Waals surface area contributed by atoms with Crippen LogP contribution in [0, 0.1) is 0 Å². The number of alkyl halides is 2. The Kier molecular flexibility index (Phi) is 8.25. The fourth-order valence-electron chi connectivity index (χ4n) is 1.97. The van der Waals surface area contributed by atoms with Crippen LogP contribution in [0.5, 0.6) is 5.75 Å². The van der Waals surface area contributed by atoms with Gasteiger partial charge in [-0.25, -0.2) is 8.78 Å². The van der Waals surface area contributed by atoms with Gasteiger partial charge in [0.2, 0.25) is 0 Å². The summed E-state index contributed by atoms with van der Waals surface area (Å²) < 4.78 is 29.3. The first kappa shape index (κ1) is 18.2. The van der Waals surface area contributed by atoms with Crippen molar-refractivity contribution >= 4 is 5.96 Å². The van der Waals surface area contributed by atoms with Crippen molar-refractivity contribution in [3.63, 3.8) is 0 Å². The van der Waals surface area contributed by atoms with Crippen LogP contribution in [0.3, 0.4) is 0 Å². The van der Waals surface area contributed by atoms with Gasteiger partial charge in [0.1, 0.15) is 12.4 Å². The van der Waals surface area contributed by atoms with Crippen LogP contribution in [0.15, 0.2) is 29.3 Å². The van der Waals surface area contributed by atoms with Crippen LogP contribution in [0.1, 0.15) is 25.3 Å². The molecule has 0 bridgehead atoms. The van der Waals surface area contributed by atoms with Gasteiger partial charge in [0, 0.05) is 27.2 Å². The van der Waals surface area contributed by atoms with Crippen LogP contribution in [-0.2, 0) is 6.54 Å². The minimum Gasteiger partial charge on any atom is -0.488 e. The minimum absolute atomic E-state index is 0.453. The third kappa shape index (κ3) is 6.74. The van der Waals surface area contributed by atoms with Crippen LogP contribution in [-0.4, -0.2) is 44.5 Å². The van der Waals surface area contributed by atoms with E-state index in [9.17, 15) is 8.78 Å². The smallest absolute Gasteiger partial charge is 0.272 e. The van der Waals surface area contributed by atoms with E-state index in [1.807, 2.05) is 13.1 Å². The molecule has 0 heterocycles. The molecule has 0 aliphatic carbocycles. The second-order valence-corrected chi connectivity index (χ2v) is 5.03. The van der Waals surface area contributed by atoms with Crippen LogP contribution in [0.4, 0.5) is 8.78 Å². The summed E-state index contributed by atoms with van der Waals surface area (Å²) in [6.45, 7) is 3.07. The molecule has 1 aromatic carbocycles. The largest absolute Gasteiger partial charge is 0.488 e. The SMILES string of the molecule is CCCCN(C)C(=NC)NCc1cccc(OCC(F)F)c1. The summed E-state index contributed by atoms with van der Waals surface area (Å²) in [5.74, 6) is 1.27. The lowest BCUT2D eigenvalue weighted by Crippen LogP contribution is -2.38. The molecule has 22 heavy (non-hydrogen) atoms. The Bertz CT molecular complexity index is 466. The molecule has 1 aromatic rings. The highest BCUT2D eigenvalue weighted by Gasteiger charge is 2.06. The summed E-state index contributed by atoms with van der Waals surface area (Å²) >= 11 is 0. The number of rotatable bonds is 8. The zero-order valence-electron chi connectivity index (χ0n) is 13.5. The lowest BCUT2D eigenvalue weighted by Gasteiger charge is -2.22. The second kappa shape index (κ2) is 9.97. The van der Waals surface area contributed by atoms with Gasteiger partial charge in [-0.2, -0.15) is 0 Å². The number of benzene rings is 1. The quantitative estimate of drug-likeness (QED) is 0.592. The van der Waals surface area contributed by atoms with Gasteiger partial charge in [-0.1, -0.05) is 25.5 Å². The van der Waals surface area contributed by atoms with Crippen molar-refractivity contribution in [1.82, 2.24) is 10.2 Å². The second-order valence-electron chi connectivity index (χ2n) is 5.03. The molecule has 0 aliphatic rings. The van der Waals surface area contributed by atoms with E-state index in [1.165, 1.54) is 0 Å². The lowest BCUT2D eigenvalue weighted by atomic mass is 10.2. The van der Waals surface area contributed by atoms with Crippen LogP contribution in [0.25, 0.3) is 0 Å². The third-order valence-corrected chi connectivity index (χ3v) is 3.15. The summed E-state index contributed by atoms with van der Waals surface area (Å²) in [5.41, 5.74) is 0.955. The Labute approximate surface area is 131 Å². The fourth-order valence-corrected chi connectivity index (χ4v) is 1.97. The van der Waals surface area contributed by atoms with Crippen LogP contribution < -0.4 is 10.1 Å². The average molecular weight is 313 g/mol. The first-order chi connectivity index (χ1) is 10.6. The van der Waals surface area contributed by atoms with E-state index in [4.69, 9.17) is 4.74 Å². The number of halogens is 2. The van der Waals surface area contributed by atoms with E-state index in [0.29, 0.717) is 12.3 Å². The Hall–Kier alpha value is -1.85. The van der Waals surface area contributed by atoms with Gasteiger partial charge in [0.15, 0.2) is 5.96 Å². The summed E-state index contributed by atoms with van der Waals surface area (Å²) in [4.78, 5) is 6.31. The minimum atomic E-state index is -2.46. The molecule has 0 amide bonds. The third-order valence-electron chi connectivity index (χ3n) is 3.15. The van der Waals surface area contributed by atoms with Gasteiger partial charge in [-0.3, -0.25) is 4.99 Å². The molecular weight excluding hydrogens is 288 g/mol. The molecule has 0 spiro atoms. The van der Waals surface area contributed by atoms with E-state index in [0.717, 1.165) is 30.9 Å². The number of nitrogens with one attached hydrogen (secondary N) is 1. The van der Waals surface area contributed by atoms with Gasteiger partial charge in [-0.05, 0) is 24.1 Å². The summed E-state index contributed by atoms with van der Waals surface area (Å²) in [7, 11) is 3.74. The number of ether oxygens (including phenoxy) is 1. The predicted octanol–water partition coefficient (Wildman–Crippen LogP) is 3.14. The molecule has 0 unspecified atom stereocenters. The first-order valence-electron chi connectivity index (χ1n) is 7.48. The fraction of sp³-hybridized carbons (Fsp3) is 0.562. The van der Waals surface area contributed by atoms with Gasteiger partial charge in [-0.15, -0.1) is 0 Å². The Morgan fingerprint density at radius 1 is 1.41 bits per heavy atom. The van der Waals surface area contributed by atoms with Crippen molar-refractivity contribution in [3.8, 4) is 5.75 Å². The van der Waals surface area contributed by atoms with E-state index >= 15 is 0 Å². The van der Waals surface area contributed by atoms with E-state index in [1.54, 1.807) is 25.2 Å². The van der Waals surface area contributed by atoms with E-state index < -0.39 is 13.0 Å². The highest BCUT2D eigenvalue weighted by molar-refractivity contribution is 5.79. The van der Waals surface area contributed by atoms with Crippen molar-refractivity contribution in [3.05, 3.63) is 29.8 Å². The van der Waals surface area contributed by atoms with Crippen molar-refractivity contribution in [2.24, 2.45) is 4.99 Å². The summed E-state index contributed by atoms with van der Waals surface area (Å²) in [6.07, 6.45) is -0.230. The molecule has 0 aromatic heterocycles. The number of hydrogen-bond donors (Lipinski definition) is 1. The van der Waals surface area contributed by atoms with Crippen LogP contribution >= 0.6 is 0 Å². The molecule has 1 rings (SSSR count). The average Bonchev–Trinajstić information content (AvgIpc) is 2.52. The standard InChI is InChI=1S/C16H25F2N3O/c1-4-5-9-21(3)16(19-2)20-11-13-7-6-8-14(10-13)22-12-15(17)18/h6-8,10,15H,4-5,9,11-12H2,1-3H3,(H,19,20). The molecule has 0 atom stereocenters. The molecule has 1 N–H and O–H groups in total. The monoisotopic (exact) mass is 313 g/mol. The van der Waals surface area contributed by atoms with E-state index in [2.05, 4.69) is 22.1 Å². The van der Waals surface area contributed by atoms with E-state index in [-0.39, 0.29) is 0 Å². The predicted molar refractivity (Wildman–Crippen MR) is 85.7 cm³/mol. The maximum absolute atomic E-state index is 12.2. The number of guanidine groups is 1. The van der Waals surface area contributed by atoms with Gasteiger partial charge in [0.05, 0.1) is 0 Å². The van der Waals surface area contributed by atoms with Crippen molar-refractivity contribution in [2.75, 3.05) is 27.2 Å². The molecule has 0 saturated carbocycles. The van der Waals surface area contributed by atoms with Gasteiger partial charge < -0.3 is 15.0 Å². The number of hydrogen-bond acceptors (Lipinski definition) is 2. The highest BCUT2D eigenvalue weighted by atomic mass is 19.3. The normalized spacial score (nSPS) is 11.6. The molecular formula is C16H25F2N3O. The molecule has 0 aliphatic heterocycles. The van der Waals surface area contributed by atoms with Crippen molar-refractivity contribution in [2.45, 2.75) is 32.7 Å². The van der Waals surface area contributed by atoms with Gasteiger partial charge >= 0.3 is 0 Å².